The van der Waals surface area contributed by atoms with Crippen molar-refractivity contribution in [3.63, 3.8) is 0 Å². The first-order chi connectivity index (χ1) is 8.81. The molecule has 1 aliphatic rings. The molecule has 92 valence electrons. The molecule has 1 aliphatic heterocycles. The smallest absolute Gasteiger partial charge is 0.187 e. The lowest BCUT2D eigenvalue weighted by Gasteiger charge is -2.07. The third-order valence-corrected chi connectivity index (χ3v) is 4.00. The van der Waals surface area contributed by atoms with Crippen LogP contribution in [0.4, 0.5) is 0 Å². The number of para-hydroxylation sites is 1. The summed E-state index contributed by atoms with van der Waals surface area (Å²) in [5, 5.41) is 1.87. The minimum atomic E-state index is -0.214. The monoisotopic (exact) mass is 260 g/mol. The van der Waals surface area contributed by atoms with Gasteiger partial charge in [0.25, 0.3) is 0 Å². The highest BCUT2D eigenvalue weighted by Gasteiger charge is 2.32. The van der Waals surface area contributed by atoms with Gasteiger partial charge < -0.3 is 9.47 Å². The number of Topliss-reactive ketones (excluding diaryl/α,β-unsaturated/α-hetero) is 1. The van der Waals surface area contributed by atoms with Crippen molar-refractivity contribution in [2.75, 3.05) is 13.7 Å². The normalized spacial score (nSPS) is 17.1. The maximum absolute atomic E-state index is 12.5. The van der Waals surface area contributed by atoms with E-state index in [-0.39, 0.29) is 11.7 Å². The van der Waals surface area contributed by atoms with E-state index in [0.29, 0.717) is 17.2 Å². The number of ketones is 1. The molecule has 0 bridgehead atoms. The summed E-state index contributed by atoms with van der Waals surface area (Å²) in [7, 11) is 1.58. The second-order valence-corrected chi connectivity index (χ2v) is 5.00. The van der Waals surface area contributed by atoms with Gasteiger partial charge in [0.2, 0.25) is 0 Å². The van der Waals surface area contributed by atoms with E-state index in [0.717, 1.165) is 11.3 Å². The molecule has 0 amide bonds. The van der Waals surface area contributed by atoms with Gasteiger partial charge in [0.15, 0.2) is 5.78 Å². The van der Waals surface area contributed by atoms with Crippen molar-refractivity contribution in [3.8, 4) is 11.5 Å². The zero-order chi connectivity index (χ0) is 12.5. The largest absolute Gasteiger partial charge is 0.495 e. The number of ether oxygens (including phenoxy) is 2. The highest BCUT2D eigenvalue weighted by Crippen LogP contribution is 2.38. The number of benzene rings is 1. The van der Waals surface area contributed by atoms with Gasteiger partial charge >= 0.3 is 0 Å². The Kier molecular flexibility index (Phi) is 2.80. The van der Waals surface area contributed by atoms with E-state index in [4.69, 9.17) is 9.47 Å². The van der Waals surface area contributed by atoms with Crippen LogP contribution >= 0.6 is 11.3 Å². The van der Waals surface area contributed by atoms with Crippen LogP contribution in [0.5, 0.6) is 11.5 Å². The molecule has 0 saturated carbocycles. The number of carbonyl (C=O) groups is 1. The van der Waals surface area contributed by atoms with Gasteiger partial charge in [-0.1, -0.05) is 18.2 Å². The van der Waals surface area contributed by atoms with Crippen LogP contribution < -0.4 is 9.47 Å². The molecular formula is C14H12O3S. The van der Waals surface area contributed by atoms with Gasteiger partial charge in [-0.2, -0.15) is 0 Å². The molecule has 3 nitrogen and oxygen atoms in total. The third kappa shape index (κ3) is 1.69. The Labute approximate surface area is 109 Å². The number of methoxy groups -OCH3 is 1. The van der Waals surface area contributed by atoms with Crippen molar-refractivity contribution in [3.05, 3.63) is 46.2 Å². The van der Waals surface area contributed by atoms with Gasteiger partial charge in [-0.05, 0) is 17.5 Å². The second-order valence-electron chi connectivity index (χ2n) is 4.08. The second kappa shape index (κ2) is 4.46. The predicted octanol–water partition coefficient (Wildman–Crippen LogP) is 3.12. The van der Waals surface area contributed by atoms with Crippen LogP contribution in [0.2, 0.25) is 0 Å². The van der Waals surface area contributed by atoms with Crippen LogP contribution in [0.3, 0.4) is 0 Å². The number of hydrogen-bond acceptors (Lipinski definition) is 4. The van der Waals surface area contributed by atoms with Crippen LogP contribution in [-0.2, 0) is 0 Å². The quantitative estimate of drug-likeness (QED) is 0.795. The molecule has 0 spiro atoms. The van der Waals surface area contributed by atoms with Crippen molar-refractivity contribution in [2.45, 2.75) is 5.92 Å². The number of carbonyl (C=O) groups excluding carboxylic acids is 1. The summed E-state index contributed by atoms with van der Waals surface area (Å²) in [4.78, 5) is 13.2. The van der Waals surface area contributed by atoms with Crippen molar-refractivity contribution in [2.24, 2.45) is 0 Å². The van der Waals surface area contributed by atoms with Crippen LogP contribution in [0.1, 0.15) is 21.2 Å². The summed E-state index contributed by atoms with van der Waals surface area (Å²) in [5.41, 5.74) is 0.970. The van der Waals surface area contributed by atoms with Gasteiger partial charge in [0.1, 0.15) is 23.0 Å². The molecule has 0 aliphatic carbocycles. The van der Waals surface area contributed by atoms with Crippen molar-refractivity contribution < 1.29 is 14.3 Å². The molecule has 1 aromatic carbocycles. The maximum Gasteiger partial charge on any atom is 0.187 e. The Balaban J connectivity index is 1.96. The Morgan fingerprint density at radius 3 is 3.06 bits per heavy atom. The number of fused-ring (bicyclic) bond motifs is 1. The maximum atomic E-state index is 12.5. The number of thiophene rings is 1. The molecule has 4 heteroatoms. The van der Waals surface area contributed by atoms with Gasteiger partial charge in [-0.3, -0.25) is 4.79 Å². The minimum absolute atomic E-state index is 0.0757. The first-order valence-electron chi connectivity index (χ1n) is 5.68. The van der Waals surface area contributed by atoms with Gasteiger partial charge in [-0.25, -0.2) is 0 Å². The fourth-order valence-corrected chi connectivity index (χ4v) is 3.03. The molecule has 1 atom stereocenters. The topological polar surface area (TPSA) is 35.5 Å². The molecule has 1 unspecified atom stereocenters. The van der Waals surface area contributed by atoms with Gasteiger partial charge in [0, 0.05) is 5.56 Å². The molecule has 1 aromatic heterocycles. The summed E-state index contributed by atoms with van der Waals surface area (Å²) < 4.78 is 10.7. The average Bonchev–Trinajstić information content (AvgIpc) is 3.04. The first-order valence-corrected chi connectivity index (χ1v) is 6.56. The SMILES string of the molecule is COc1ccsc1C(=O)C1COc2ccccc21. The van der Waals surface area contributed by atoms with E-state index in [9.17, 15) is 4.79 Å². The van der Waals surface area contributed by atoms with Crippen LogP contribution in [0.25, 0.3) is 0 Å². The van der Waals surface area contributed by atoms with Gasteiger partial charge in [0.05, 0.1) is 13.0 Å². The lowest BCUT2D eigenvalue weighted by molar-refractivity contribution is 0.0949. The standard InChI is InChI=1S/C14H12O3S/c1-16-12-6-7-18-14(12)13(15)10-8-17-11-5-3-2-4-9(10)11/h2-7,10H,8H2,1H3. The molecule has 2 aromatic rings. The Morgan fingerprint density at radius 2 is 2.22 bits per heavy atom. The number of hydrogen-bond donors (Lipinski definition) is 0. The van der Waals surface area contributed by atoms with E-state index in [1.54, 1.807) is 7.11 Å². The Bertz CT molecular complexity index is 588. The van der Waals surface area contributed by atoms with E-state index >= 15 is 0 Å². The van der Waals surface area contributed by atoms with E-state index < -0.39 is 0 Å². The van der Waals surface area contributed by atoms with E-state index in [2.05, 4.69) is 0 Å². The van der Waals surface area contributed by atoms with Crippen molar-refractivity contribution in [1.29, 1.82) is 0 Å². The Morgan fingerprint density at radius 1 is 1.39 bits per heavy atom. The predicted molar refractivity (Wildman–Crippen MR) is 69.9 cm³/mol. The molecule has 0 fully saturated rings. The van der Waals surface area contributed by atoms with Crippen LogP contribution in [-0.4, -0.2) is 19.5 Å². The lowest BCUT2D eigenvalue weighted by Crippen LogP contribution is -2.13. The molecule has 3 rings (SSSR count). The van der Waals surface area contributed by atoms with E-state index in [1.165, 1.54) is 11.3 Å². The van der Waals surface area contributed by atoms with Gasteiger partial charge in [-0.15, -0.1) is 11.3 Å². The fraction of sp³-hybridized carbons (Fsp3) is 0.214. The lowest BCUT2D eigenvalue weighted by atomic mass is 9.96. The summed E-state index contributed by atoms with van der Waals surface area (Å²) >= 11 is 1.41. The summed E-state index contributed by atoms with van der Waals surface area (Å²) in [5.74, 6) is 1.32. The average molecular weight is 260 g/mol. The molecule has 2 heterocycles. The summed E-state index contributed by atoms with van der Waals surface area (Å²) in [6.45, 7) is 0.416. The van der Waals surface area contributed by atoms with Crippen LogP contribution in [0.15, 0.2) is 35.7 Å². The third-order valence-electron chi connectivity index (χ3n) is 3.09. The molecule has 18 heavy (non-hydrogen) atoms. The van der Waals surface area contributed by atoms with Crippen molar-refractivity contribution in [1.82, 2.24) is 0 Å². The molecule has 0 N–H and O–H groups in total. The zero-order valence-corrected chi connectivity index (χ0v) is 10.7. The minimum Gasteiger partial charge on any atom is -0.495 e. The molecule has 0 saturated heterocycles. The number of rotatable bonds is 3. The summed E-state index contributed by atoms with van der Waals surface area (Å²) in [6.07, 6.45) is 0. The molecular weight excluding hydrogens is 248 g/mol. The van der Waals surface area contributed by atoms with E-state index in [1.807, 2.05) is 35.7 Å². The highest BCUT2D eigenvalue weighted by atomic mass is 32.1. The highest BCUT2D eigenvalue weighted by molar-refractivity contribution is 7.12. The van der Waals surface area contributed by atoms with Crippen LogP contribution in [0, 0.1) is 0 Å². The summed E-state index contributed by atoms with van der Waals surface area (Å²) in [6, 6.07) is 9.51. The molecule has 0 radical (unpaired) electrons. The van der Waals surface area contributed by atoms with Crippen molar-refractivity contribution >= 4 is 17.1 Å². The zero-order valence-electron chi connectivity index (χ0n) is 9.88. The first kappa shape index (κ1) is 11.3. The fourth-order valence-electron chi connectivity index (χ4n) is 2.18. The Hall–Kier alpha value is -1.81.